The summed E-state index contributed by atoms with van der Waals surface area (Å²) < 4.78 is 27.9. The van der Waals surface area contributed by atoms with Crippen LogP contribution in [0.15, 0.2) is 102 Å². The lowest BCUT2D eigenvalue weighted by Crippen LogP contribution is -2.50. The predicted molar refractivity (Wildman–Crippen MR) is 139 cm³/mol. The molecule has 8 heteroatoms. The summed E-state index contributed by atoms with van der Waals surface area (Å²) in [6.45, 7) is 0.901. The second-order valence-corrected chi connectivity index (χ2v) is 10.5. The molecule has 1 heterocycles. The molecule has 5 rings (SSSR count). The van der Waals surface area contributed by atoms with Crippen LogP contribution < -0.4 is 5.32 Å². The summed E-state index contributed by atoms with van der Waals surface area (Å²) in [5, 5.41) is 4.66. The number of carbonyl (C=O) groups excluding carboxylic acids is 2. The Morgan fingerprint density at radius 1 is 0.694 bits per heavy atom. The minimum absolute atomic E-state index is 0.194. The van der Waals surface area contributed by atoms with Gasteiger partial charge in [-0.3, -0.25) is 9.59 Å². The summed E-state index contributed by atoms with van der Waals surface area (Å²) in [5.74, 6) is -0.552. The van der Waals surface area contributed by atoms with Crippen LogP contribution in [0.25, 0.3) is 10.8 Å². The molecule has 1 N–H and O–H groups in total. The van der Waals surface area contributed by atoms with Crippen LogP contribution in [-0.4, -0.2) is 55.6 Å². The summed E-state index contributed by atoms with van der Waals surface area (Å²) in [4.78, 5) is 27.8. The SMILES string of the molecule is O=C(Nc1ccccc1C(=O)N1CCN(S(=O)(=O)c2ccc3ccccc3c2)CC1)c1ccccc1. The quantitative estimate of drug-likeness (QED) is 0.445. The van der Waals surface area contributed by atoms with E-state index in [4.69, 9.17) is 0 Å². The van der Waals surface area contributed by atoms with Gasteiger partial charge in [0, 0.05) is 31.7 Å². The fourth-order valence-electron chi connectivity index (χ4n) is 4.34. The van der Waals surface area contributed by atoms with Gasteiger partial charge in [-0.15, -0.1) is 0 Å². The van der Waals surface area contributed by atoms with Crippen LogP contribution in [0.5, 0.6) is 0 Å². The molecule has 36 heavy (non-hydrogen) atoms. The smallest absolute Gasteiger partial charge is 0.256 e. The first-order valence-electron chi connectivity index (χ1n) is 11.7. The Morgan fingerprint density at radius 2 is 1.33 bits per heavy atom. The first-order valence-corrected chi connectivity index (χ1v) is 13.1. The van der Waals surface area contributed by atoms with Crippen molar-refractivity contribution in [2.24, 2.45) is 0 Å². The second-order valence-electron chi connectivity index (χ2n) is 8.57. The molecule has 0 saturated carbocycles. The summed E-state index contributed by atoms with van der Waals surface area (Å²) in [6, 6.07) is 28.4. The van der Waals surface area contributed by atoms with Gasteiger partial charge in [0.25, 0.3) is 11.8 Å². The summed E-state index contributed by atoms with van der Waals surface area (Å²) in [5.41, 5.74) is 1.28. The van der Waals surface area contributed by atoms with Crippen LogP contribution in [0, 0.1) is 0 Å². The molecule has 0 unspecified atom stereocenters. The maximum Gasteiger partial charge on any atom is 0.256 e. The molecule has 0 spiro atoms. The molecule has 1 aliphatic rings. The number of rotatable bonds is 5. The van der Waals surface area contributed by atoms with Gasteiger partial charge in [0.15, 0.2) is 0 Å². The minimum Gasteiger partial charge on any atom is -0.336 e. The van der Waals surface area contributed by atoms with E-state index in [0.29, 0.717) is 16.8 Å². The van der Waals surface area contributed by atoms with E-state index in [1.807, 2.05) is 36.4 Å². The average Bonchev–Trinajstić information content (AvgIpc) is 2.93. The normalized spacial score (nSPS) is 14.5. The Balaban J connectivity index is 1.29. The monoisotopic (exact) mass is 499 g/mol. The Hall–Kier alpha value is -4.01. The summed E-state index contributed by atoms with van der Waals surface area (Å²) in [6.07, 6.45) is 0. The highest BCUT2D eigenvalue weighted by atomic mass is 32.2. The number of anilines is 1. The van der Waals surface area contributed by atoms with Crippen molar-refractivity contribution < 1.29 is 18.0 Å². The van der Waals surface area contributed by atoms with E-state index in [1.165, 1.54) is 4.31 Å². The van der Waals surface area contributed by atoms with Crippen LogP contribution in [0.4, 0.5) is 5.69 Å². The molecule has 2 amide bonds. The van der Waals surface area contributed by atoms with Crippen molar-refractivity contribution in [1.82, 2.24) is 9.21 Å². The molecule has 7 nitrogen and oxygen atoms in total. The Morgan fingerprint density at radius 3 is 2.08 bits per heavy atom. The number of hydrogen-bond donors (Lipinski definition) is 1. The highest BCUT2D eigenvalue weighted by molar-refractivity contribution is 7.89. The van der Waals surface area contributed by atoms with E-state index < -0.39 is 10.0 Å². The molecule has 0 aromatic heterocycles. The number of piperazine rings is 1. The maximum absolute atomic E-state index is 13.3. The van der Waals surface area contributed by atoms with Gasteiger partial charge in [0.2, 0.25) is 10.0 Å². The first-order chi connectivity index (χ1) is 17.4. The lowest BCUT2D eigenvalue weighted by Gasteiger charge is -2.34. The van der Waals surface area contributed by atoms with Gasteiger partial charge >= 0.3 is 0 Å². The van der Waals surface area contributed by atoms with Crippen LogP contribution in [-0.2, 0) is 10.0 Å². The van der Waals surface area contributed by atoms with Crippen molar-refractivity contribution in [3.05, 3.63) is 108 Å². The van der Waals surface area contributed by atoms with Crippen LogP contribution in [0.3, 0.4) is 0 Å². The minimum atomic E-state index is -3.68. The number of fused-ring (bicyclic) bond motifs is 1. The molecular weight excluding hydrogens is 474 g/mol. The van der Waals surface area contributed by atoms with Crippen LogP contribution >= 0.6 is 0 Å². The van der Waals surface area contributed by atoms with E-state index in [-0.39, 0.29) is 42.9 Å². The first kappa shape index (κ1) is 23.7. The third kappa shape index (κ3) is 4.73. The Kier molecular flexibility index (Phi) is 6.54. The number of nitrogens with zero attached hydrogens (tertiary/aromatic N) is 2. The van der Waals surface area contributed by atoms with Gasteiger partial charge in [-0.1, -0.05) is 60.7 Å². The lowest BCUT2D eigenvalue weighted by molar-refractivity contribution is 0.0699. The fraction of sp³-hybridized carbons (Fsp3) is 0.143. The van der Waals surface area contributed by atoms with Gasteiger partial charge in [-0.2, -0.15) is 4.31 Å². The topological polar surface area (TPSA) is 86.8 Å². The molecule has 4 aromatic carbocycles. The van der Waals surface area contributed by atoms with E-state index in [1.54, 1.807) is 65.6 Å². The number of sulfonamides is 1. The number of nitrogens with one attached hydrogen (secondary N) is 1. The van der Waals surface area contributed by atoms with Gasteiger partial charge in [0.1, 0.15) is 0 Å². The second kappa shape index (κ2) is 9.93. The molecule has 4 aromatic rings. The fourth-order valence-corrected chi connectivity index (χ4v) is 5.80. The van der Waals surface area contributed by atoms with Crippen molar-refractivity contribution in [2.75, 3.05) is 31.5 Å². The predicted octanol–water partition coefficient (Wildman–Crippen LogP) is 4.24. The number of para-hydroxylation sites is 1. The van der Waals surface area contributed by atoms with E-state index in [9.17, 15) is 18.0 Å². The summed E-state index contributed by atoms with van der Waals surface area (Å²) in [7, 11) is -3.68. The number of amides is 2. The third-order valence-electron chi connectivity index (χ3n) is 6.33. The maximum atomic E-state index is 13.3. The molecule has 1 fully saturated rings. The molecule has 0 bridgehead atoms. The molecule has 1 aliphatic heterocycles. The van der Waals surface area contributed by atoms with Crippen molar-refractivity contribution in [3.63, 3.8) is 0 Å². The standard InChI is InChI=1S/C28H25N3O4S/c32-27(22-9-2-1-3-10-22)29-26-13-7-6-12-25(26)28(33)30-16-18-31(19-17-30)36(34,35)24-15-14-21-8-4-5-11-23(21)20-24/h1-15,20H,16-19H2,(H,29,32). The molecule has 182 valence electrons. The van der Waals surface area contributed by atoms with Gasteiger partial charge < -0.3 is 10.2 Å². The number of carbonyl (C=O) groups is 2. The zero-order valence-corrected chi connectivity index (χ0v) is 20.3. The highest BCUT2D eigenvalue weighted by Crippen LogP contribution is 2.24. The molecular formula is C28H25N3O4S. The molecule has 0 atom stereocenters. The third-order valence-corrected chi connectivity index (χ3v) is 8.22. The van der Waals surface area contributed by atoms with Gasteiger partial charge in [0.05, 0.1) is 16.1 Å². The number of hydrogen-bond acceptors (Lipinski definition) is 4. The number of benzene rings is 4. The summed E-state index contributed by atoms with van der Waals surface area (Å²) >= 11 is 0. The average molecular weight is 500 g/mol. The zero-order valence-electron chi connectivity index (χ0n) is 19.5. The van der Waals surface area contributed by atoms with Gasteiger partial charge in [-0.25, -0.2) is 8.42 Å². The molecule has 1 saturated heterocycles. The molecule has 0 radical (unpaired) electrons. The Bertz CT molecular complexity index is 1530. The zero-order chi connectivity index (χ0) is 25.1. The largest absolute Gasteiger partial charge is 0.336 e. The van der Waals surface area contributed by atoms with Crippen molar-refractivity contribution in [3.8, 4) is 0 Å². The van der Waals surface area contributed by atoms with E-state index >= 15 is 0 Å². The Labute approximate surface area is 210 Å². The molecule has 0 aliphatic carbocycles. The van der Waals surface area contributed by atoms with Crippen molar-refractivity contribution >= 4 is 38.3 Å². The van der Waals surface area contributed by atoms with Crippen LogP contribution in [0.1, 0.15) is 20.7 Å². The van der Waals surface area contributed by atoms with Gasteiger partial charge in [-0.05, 0) is 47.2 Å². The van der Waals surface area contributed by atoms with Crippen LogP contribution in [0.2, 0.25) is 0 Å². The van der Waals surface area contributed by atoms with E-state index in [2.05, 4.69) is 5.32 Å². The van der Waals surface area contributed by atoms with Crippen molar-refractivity contribution in [2.45, 2.75) is 4.90 Å². The van der Waals surface area contributed by atoms with E-state index in [0.717, 1.165) is 10.8 Å². The lowest BCUT2D eigenvalue weighted by atomic mass is 10.1. The van der Waals surface area contributed by atoms with Crippen molar-refractivity contribution in [1.29, 1.82) is 0 Å². The highest BCUT2D eigenvalue weighted by Gasteiger charge is 2.31.